The number of carbonyl (C=O) groups excluding carboxylic acids is 3. The molecule has 1 aromatic heterocycles. The van der Waals surface area contributed by atoms with Gasteiger partial charge in [-0.15, -0.1) is 0 Å². The van der Waals surface area contributed by atoms with Crippen LogP contribution in [-0.4, -0.2) is 36.3 Å². The summed E-state index contributed by atoms with van der Waals surface area (Å²) in [6.07, 6.45) is 3.22. The van der Waals surface area contributed by atoms with Gasteiger partial charge >= 0.3 is 0 Å². The van der Waals surface area contributed by atoms with Crippen LogP contribution in [0.4, 0.5) is 5.69 Å². The summed E-state index contributed by atoms with van der Waals surface area (Å²) < 4.78 is 10.9. The zero-order valence-electron chi connectivity index (χ0n) is 14.9. The van der Waals surface area contributed by atoms with Crippen LogP contribution in [0.1, 0.15) is 42.3 Å². The number of carbonyl (C=O) groups is 3. The van der Waals surface area contributed by atoms with E-state index in [0.717, 1.165) is 12.8 Å². The Morgan fingerprint density at radius 2 is 2.07 bits per heavy atom. The van der Waals surface area contributed by atoms with Crippen LogP contribution in [-0.2, 0) is 9.59 Å². The molecule has 27 heavy (non-hydrogen) atoms. The average molecular weight is 368 g/mol. The first-order valence-corrected chi connectivity index (χ1v) is 9.06. The number of ketones is 1. The minimum atomic E-state index is -0.641. The van der Waals surface area contributed by atoms with Crippen LogP contribution < -0.4 is 15.0 Å². The second kappa shape index (κ2) is 6.90. The summed E-state index contributed by atoms with van der Waals surface area (Å²) in [6, 6.07) is 8.30. The normalized spacial score (nSPS) is 18.6. The molecule has 1 aromatic carbocycles. The van der Waals surface area contributed by atoms with Crippen molar-refractivity contribution in [3.63, 3.8) is 0 Å². The van der Waals surface area contributed by atoms with E-state index in [1.54, 1.807) is 30.3 Å². The van der Waals surface area contributed by atoms with Gasteiger partial charge in [-0.1, -0.05) is 6.92 Å². The lowest BCUT2D eigenvalue weighted by atomic mass is 10.0. The molecule has 1 saturated carbocycles. The number of benzene rings is 1. The van der Waals surface area contributed by atoms with E-state index in [-0.39, 0.29) is 35.9 Å². The number of amides is 2. The first-order valence-electron chi connectivity index (χ1n) is 9.06. The van der Waals surface area contributed by atoms with Crippen LogP contribution in [0.15, 0.2) is 41.0 Å². The SMILES string of the molecule is CC[C@@H]1Oc2ccc(C(=O)c3ccco3)cc2N(CC(=O)NC2CC2)C1=O. The predicted octanol–water partition coefficient (Wildman–Crippen LogP) is 2.29. The fourth-order valence-corrected chi connectivity index (χ4v) is 3.08. The molecule has 0 unspecified atom stereocenters. The second-order valence-corrected chi connectivity index (χ2v) is 6.77. The Labute approximate surface area is 156 Å². The fourth-order valence-electron chi connectivity index (χ4n) is 3.08. The van der Waals surface area contributed by atoms with Gasteiger partial charge in [-0.3, -0.25) is 19.3 Å². The molecule has 1 N–H and O–H groups in total. The molecule has 140 valence electrons. The molecule has 0 spiro atoms. The summed E-state index contributed by atoms with van der Waals surface area (Å²) >= 11 is 0. The quantitative estimate of drug-likeness (QED) is 0.791. The number of rotatable bonds is 6. The van der Waals surface area contributed by atoms with E-state index < -0.39 is 6.10 Å². The van der Waals surface area contributed by atoms with Gasteiger partial charge in [-0.05, 0) is 49.6 Å². The molecular weight excluding hydrogens is 348 g/mol. The van der Waals surface area contributed by atoms with E-state index in [0.29, 0.717) is 23.4 Å². The van der Waals surface area contributed by atoms with E-state index in [1.807, 2.05) is 6.92 Å². The molecule has 2 heterocycles. The maximum absolute atomic E-state index is 12.8. The van der Waals surface area contributed by atoms with Gasteiger partial charge in [-0.2, -0.15) is 0 Å². The summed E-state index contributed by atoms with van der Waals surface area (Å²) in [7, 11) is 0. The van der Waals surface area contributed by atoms with Crippen LogP contribution in [0.2, 0.25) is 0 Å². The van der Waals surface area contributed by atoms with Crippen molar-refractivity contribution in [2.24, 2.45) is 0 Å². The Morgan fingerprint density at radius 1 is 1.26 bits per heavy atom. The summed E-state index contributed by atoms with van der Waals surface area (Å²) in [5.41, 5.74) is 0.788. The number of hydrogen-bond acceptors (Lipinski definition) is 5. The number of anilines is 1. The van der Waals surface area contributed by atoms with E-state index >= 15 is 0 Å². The molecule has 7 heteroatoms. The molecule has 1 aliphatic heterocycles. The van der Waals surface area contributed by atoms with Crippen molar-refractivity contribution in [2.75, 3.05) is 11.4 Å². The molecule has 1 atom stereocenters. The highest BCUT2D eigenvalue weighted by Gasteiger charge is 2.36. The molecule has 2 aromatic rings. The van der Waals surface area contributed by atoms with E-state index in [2.05, 4.69) is 5.32 Å². The van der Waals surface area contributed by atoms with Crippen molar-refractivity contribution in [1.29, 1.82) is 0 Å². The van der Waals surface area contributed by atoms with Gasteiger partial charge < -0.3 is 14.5 Å². The standard InChI is InChI=1S/C20H20N2O5/c1-2-15-20(25)22(11-18(23)21-13-6-7-13)14-10-12(5-8-16(14)27-15)19(24)17-4-3-9-26-17/h3-5,8-10,13,15H,2,6-7,11H2,1H3,(H,21,23)/t15-/m0/s1. The number of hydrogen-bond donors (Lipinski definition) is 1. The Bertz CT molecular complexity index is 886. The fraction of sp³-hybridized carbons (Fsp3) is 0.350. The molecule has 2 amide bonds. The highest BCUT2D eigenvalue weighted by atomic mass is 16.5. The molecule has 2 aliphatic rings. The van der Waals surface area contributed by atoms with Gasteiger partial charge in [-0.25, -0.2) is 0 Å². The van der Waals surface area contributed by atoms with Crippen LogP contribution in [0.25, 0.3) is 0 Å². The van der Waals surface area contributed by atoms with Gasteiger partial charge in [0.15, 0.2) is 11.9 Å². The zero-order valence-corrected chi connectivity index (χ0v) is 14.9. The molecular formula is C20H20N2O5. The lowest BCUT2D eigenvalue weighted by molar-refractivity contribution is -0.129. The largest absolute Gasteiger partial charge is 0.478 e. The highest BCUT2D eigenvalue weighted by Crippen LogP contribution is 2.36. The van der Waals surface area contributed by atoms with E-state index in [4.69, 9.17) is 9.15 Å². The lowest BCUT2D eigenvalue weighted by Crippen LogP contribution is -2.49. The third-order valence-corrected chi connectivity index (χ3v) is 4.68. The third-order valence-electron chi connectivity index (χ3n) is 4.68. The Kier molecular flexibility index (Phi) is 4.43. The molecule has 7 nitrogen and oxygen atoms in total. The molecule has 0 radical (unpaired) electrons. The smallest absolute Gasteiger partial charge is 0.268 e. The number of furan rings is 1. The third kappa shape index (κ3) is 3.45. The molecule has 1 fully saturated rings. The lowest BCUT2D eigenvalue weighted by Gasteiger charge is -2.34. The van der Waals surface area contributed by atoms with Gasteiger partial charge in [0.2, 0.25) is 11.7 Å². The van der Waals surface area contributed by atoms with Gasteiger partial charge in [0.05, 0.1) is 12.0 Å². The maximum Gasteiger partial charge on any atom is 0.268 e. The molecule has 0 saturated heterocycles. The van der Waals surface area contributed by atoms with Crippen LogP contribution in [0, 0.1) is 0 Å². The van der Waals surface area contributed by atoms with Crippen LogP contribution >= 0.6 is 0 Å². The van der Waals surface area contributed by atoms with Crippen molar-refractivity contribution in [2.45, 2.75) is 38.3 Å². The Balaban J connectivity index is 1.66. The Hall–Kier alpha value is -3.09. The average Bonchev–Trinajstić information content (AvgIpc) is 3.31. The van der Waals surface area contributed by atoms with Gasteiger partial charge in [0.1, 0.15) is 12.3 Å². The monoisotopic (exact) mass is 368 g/mol. The van der Waals surface area contributed by atoms with Crippen molar-refractivity contribution < 1.29 is 23.5 Å². The van der Waals surface area contributed by atoms with E-state index in [1.165, 1.54) is 11.2 Å². The summed E-state index contributed by atoms with van der Waals surface area (Å²) in [5, 5.41) is 2.89. The van der Waals surface area contributed by atoms with Crippen molar-refractivity contribution in [1.82, 2.24) is 5.32 Å². The van der Waals surface area contributed by atoms with E-state index in [9.17, 15) is 14.4 Å². The predicted molar refractivity (Wildman–Crippen MR) is 96.8 cm³/mol. The number of nitrogens with one attached hydrogen (secondary N) is 1. The van der Waals surface area contributed by atoms with Gasteiger partial charge in [0.25, 0.3) is 5.91 Å². The summed E-state index contributed by atoms with van der Waals surface area (Å²) in [6.45, 7) is 1.76. The number of ether oxygens (including phenoxy) is 1. The van der Waals surface area contributed by atoms with Crippen molar-refractivity contribution >= 4 is 23.3 Å². The molecule has 0 bridgehead atoms. The van der Waals surface area contributed by atoms with Crippen LogP contribution in [0.3, 0.4) is 0 Å². The zero-order chi connectivity index (χ0) is 19.0. The molecule has 1 aliphatic carbocycles. The Morgan fingerprint density at radius 3 is 2.74 bits per heavy atom. The number of nitrogens with zero attached hydrogens (tertiary/aromatic N) is 1. The summed E-state index contributed by atoms with van der Waals surface area (Å²) in [4.78, 5) is 39.0. The minimum absolute atomic E-state index is 0.0966. The van der Waals surface area contributed by atoms with Crippen molar-refractivity contribution in [3.05, 3.63) is 47.9 Å². The summed E-state index contributed by atoms with van der Waals surface area (Å²) in [5.74, 6) is -0.0933. The first-order chi connectivity index (χ1) is 13.1. The second-order valence-electron chi connectivity index (χ2n) is 6.77. The van der Waals surface area contributed by atoms with Crippen molar-refractivity contribution in [3.8, 4) is 5.75 Å². The van der Waals surface area contributed by atoms with Crippen LogP contribution in [0.5, 0.6) is 5.75 Å². The highest BCUT2D eigenvalue weighted by molar-refractivity contribution is 6.10. The molecule has 4 rings (SSSR count). The topological polar surface area (TPSA) is 88.8 Å². The first kappa shape index (κ1) is 17.3. The maximum atomic E-state index is 12.8. The minimum Gasteiger partial charge on any atom is -0.478 e. The number of fused-ring (bicyclic) bond motifs is 1. The van der Waals surface area contributed by atoms with Gasteiger partial charge in [0, 0.05) is 11.6 Å².